The monoisotopic (exact) mass is 190 g/mol. The van der Waals surface area contributed by atoms with Crippen molar-refractivity contribution in [3.8, 4) is 0 Å². The number of anilines is 1. The summed E-state index contributed by atoms with van der Waals surface area (Å²) in [6, 6.07) is 7.60. The van der Waals surface area contributed by atoms with Crippen molar-refractivity contribution in [1.82, 2.24) is 0 Å². The molecule has 0 aromatic heterocycles. The van der Waals surface area contributed by atoms with Gasteiger partial charge in [0.2, 0.25) is 0 Å². The lowest BCUT2D eigenvalue weighted by atomic mass is 10.2. The molecule has 3 nitrogen and oxygen atoms in total. The molecule has 1 aromatic rings. The molecule has 0 aliphatic heterocycles. The minimum atomic E-state index is 0.728. The molecule has 2 rings (SSSR count). The Kier molecular flexibility index (Phi) is 2.68. The third kappa shape index (κ3) is 2.49. The molecular formula is C11H14N2O. The summed E-state index contributed by atoms with van der Waals surface area (Å²) in [7, 11) is 0. The largest absolute Gasteiger partial charge is 0.398 e. The predicted octanol–water partition coefficient (Wildman–Crippen LogP) is 2.03. The van der Waals surface area contributed by atoms with Gasteiger partial charge in [0, 0.05) is 11.3 Å². The number of hydrogen-bond acceptors (Lipinski definition) is 3. The second-order valence-corrected chi connectivity index (χ2v) is 3.60. The third-order valence-electron chi connectivity index (χ3n) is 2.27. The molecule has 1 aromatic carbocycles. The summed E-state index contributed by atoms with van der Waals surface area (Å²) in [6.45, 7) is 0.739. The van der Waals surface area contributed by atoms with Crippen LogP contribution in [0.5, 0.6) is 0 Å². The van der Waals surface area contributed by atoms with E-state index in [9.17, 15) is 0 Å². The van der Waals surface area contributed by atoms with E-state index in [2.05, 4.69) is 5.16 Å². The second-order valence-electron chi connectivity index (χ2n) is 3.60. The zero-order valence-corrected chi connectivity index (χ0v) is 8.02. The van der Waals surface area contributed by atoms with E-state index in [4.69, 9.17) is 10.6 Å². The van der Waals surface area contributed by atoms with Crippen molar-refractivity contribution >= 4 is 11.9 Å². The van der Waals surface area contributed by atoms with Crippen LogP contribution in [0.4, 0.5) is 5.69 Å². The first-order valence-corrected chi connectivity index (χ1v) is 4.86. The van der Waals surface area contributed by atoms with Crippen LogP contribution in [0.1, 0.15) is 18.4 Å². The molecule has 0 unspecified atom stereocenters. The topological polar surface area (TPSA) is 47.6 Å². The molecule has 0 amide bonds. The zero-order chi connectivity index (χ0) is 9.80. The Balaban J connectivity index is 1.85. The summed E-state index contributed by atoms with van der Waals surface area (Å²) < 4.78 is 0. The van der Waals surface area contributed by atoms with Crippen LogP contribution in [0.3, 0.4) is 0 Å². The molecule has 0 spiro atoms. The number of oxime groups is 1. The van der Waals surface area contributed by atoms with E-state index >= 15 is 0 Å². The van der Waals surface area contributed by atoms with Crippen LogP contribution in [0.2, 0.25) is 0 Å². The normalized spacial score (nSPS) is 16.0. The molecule has 74 valence electrons. The fourth-order valence-corrected chi connectivity index (χ4v) is 1.16. The fourth-order valence-electron chi connectivity index (χ4n) is 1.16. The van der Waals surface area contributed by atoms with Gasteiger partial charge in [-0.25, -0.2) is 0 Å². The van der Waals surface area contributed by atoms with E-state index in [0.29, 0.717) is 0 Å². The van der Waals surface area contributed by atoms with E-state index < -0.39 is 0 Å². The number of para-hydroxylation sites is 1. The fraction of sp³-hybridized carbons (Fsp3) is 0.364. The molecule has 2 N–H and O–H groups in total. The number of benzene rings is 1. The number of nitrogens with zero attached hydrogens (tertiary/aromatic N) is 1. The number of nitrogens with two attached hydrogens (primary N) is 1. The van der Waals surface area contributed by atoms with E-state index in [-0.39, 0.29) is 0 Å². The molecule has 1 aliphatic carbocycles. The molecule has 0 heterocycles. The highest BCUT2D eigenvalue weighted by Crippen LogP contribution is 2.28. The van der Waals surface area contributed by atoms with Gasteiger partial charge in [-0.05, 0) is 24.8 Å². The van der Waals surface area contributed by atoms with Gasteiger partial charge in [0.15, 0.2) is 0 Å². The van der Waals surface area contributed by atoms with Gasteiger partial charge in [-0.2, -0.15) is 0 Å². The molecule has 0 saturated heterocycles. The number of nitrogen functional groups attached to an aromatic ring is 1. The van der Waals surface area contributed by atoms with E-state index in [1.165, 1.54) is 12.8 Å². The first-order valence-electron chi connectivity index (χ1n) is 4.86. The van der Waals surface area contributed by atoms with Crippen LogP contribution < -0.4 is 5.73 Å². The lowest BCUT2D eigenvalue weighted by molar-refractivity contribution is 0.135. The van der Waals surface area contributed by atoms with Crippen LogP contribution in [-0.2, 0) is 4.84 Å². The Bertz CT molecular complexity index is 332. The van der Waals surface area contributed by atoms with Crippen molar-refractivity contribution in [2.75, 3.05) is 12.3 Å². The lowest BCUT2D eigenvalue weighted by Crippen LogP contribution is -1.94. The molecule has 1 fully saturated rings. The average molecular weight is 190 g/mol. The van der Waals surface area contributed by atoms with Crippen molar-refractivity contribution in [1.29, 1.82) is 0 Å². The maximum atomic E-state index is 5.73. The van der Waals surface area contributed by atoms with Crippen molar-refractivity contribution in [3.63, 3.8) is 0 Å². The highest BCUT2D eigenvalue weighted by molar-refractivity contribution is 5.86. The van der Waals surface area contributed by atoms with Gasteiger partial charge in [-0.3, -0.25) is 0 Å². The maximum Gasteiger partial charge on any atom is 0.120 e. The Morgan fingerprint density at radius 1 is 1.43 bits per heavy atom. The van der Waals surface area contributed by atoms with Crippen LogP contribution in [-0.4, -0.2) is 12.8 Å². The van der Waals surface area contributed by atoms with E-state index in [1.54, 1.807) is 6.21 Å². The van der Waals surface area contributed by atoms with Crippen LogP contribution in [0, 0.1) is 5.92 Å². The van der Waals surface area contributed by atoms with Gasteiger partial charge in [0.25, 0.3) is 0 Å². The lowest BCUT2D eigenvalue weighted by Gasteiger charge is -1.98. The van der Waals surface area contributed by atoms with Gasteiger partial charge in [-0.15, -0.1) is 0 Å². The Morgan fingerprint density at radius 3 is 2.93 bits per heavy atom. The van der Waals surface area contributed by atoms with Crippen molar-refractivity contribution in [3.05, 3.63) is 29.8 Å². The Labute approximate surface area is 83.6 Å². The van der Waals surface area contributed by atoms with Crippen molar-refractivity contribution in [2.45, 2.75) is 12.8 Å². The number of hydrogen-bond donors (Lipinski definition) is 1. The molecule has 0 atom stereocenters. The molecule has 1 aliphatic rings. The Morgan fingerprint density at radius 2 is 2.21 bits per heavy atom. The standard InChI is InChI=1S/C11H14N2O/c12-11-4-2-1-3-10(11)7-13-14-8-9-5-6-9/h1-4,7,9H,5-6,8,12H2/b13-7+. The minimum absolute atomic E-state index is 0.728. The van der Waals surface area contributed by atoms with E-state index in [1.807, 2.05) is 24.3 Å². The first kappa shape index (κ1) is 9.06. The minimum Gasteiger partial charge on any atom is -0.398 e. The predicted molar refractivity (Wildman–Crippen MR) is 57.1 cm³/mol. The first-order chi connectivity index (χ1) is 6.86. The molecular weight excluding hydrogens is 176 g/mol. The molecule has 0 radical (unpaired) electrons. The summed E-state index contributed by atoms with van der Waals surface area (Å²) in [4.78, 5) is 5.13. The summed E-state index contributed by atoms with van der Waals surface area (Å²) in [6.07, 6.45) is 4.23. The van der Waals surface area contributed by atoms with Gasteiger partial charge in [-0.1, -0.05) is 23.4 Å². The van der Waals surface area contributed by atoms with Crippen molar-refractivity contribution < 1.29 is 4.84 Å². The highest BCUT2D eigenvalue weighted by atomic mass is 16.6. The molecule has 14 heavy (non-hydrogen) atoms. The second kappa shape index (κ2) is 4.13. The van der Waals surface area contributed by atoms with Gasteiger partial charge < -0.3 is 10.6 Å². The summed E-state index contributed by atoms with van der Waals surface area (Å²) >= 11 is 0. The smallest absolute Gasteiger partial charge is 0.120 e. The van der Waals surface area contributed by atoms with Gasteiger partial charge >= 0.3 is 0 Å². The highest BCUT2D eigenvalue weighted by Gasteiger charge is 2.21. The molecule has 1 saturated carbocycles. The zero-order valence-electron chi connectivity index (χ0n) is 8.02. The number of rotatable bonds is 4. The van der Waals surface area contributed by atoms with Gasteiger partial charge in [0.05, 0.1) is 6.21 Å². The SMILES string of the molecule is Nc1ccccc1/C=N/OCC1CC1. The quantitative estimate of drug-likeness (QED) is 0.448. The van der Waals surface area contributed by atoms with Crippen molar-refractivity contribution in [2.24, 2.45) is 11.1 Å². The van der Waals surface area contributed by atoms with Gasteiger partial charge in [0.1, 0.15) is 6.61 Å². The van der Waals surface area contributed by atoms with Crippen LogP contribution in [0.15, 0.2) is 29.4 Å². The Hall–Kier alpha value is -1.51. The van der Waals surface area contributed by atoms with Crippen LogP contribution >= 0.6 is 0 Å². The van der Waals surface area contributed by atoms with E-state index in [0.717, 1.165) is 23.8 Å². The summed E-state index contributed by atoms with van der Waals surface area (Å²) in [5.74, 6) is 0.736. The summed E-state index contributed by atoms with van der Waals surface area (Å²) in [5, 5.41) is 3.88. The average Bonchev–Trinajstić information content (AvgIpc) is 2.99. The van der Waals surface area contributed by atoms with Crippen LogP contribution in [0.25, 0.3) is 0 Å². The summed E-state index contributed by atoms with van der Waals surface area (Å²) in [5.41, 5.74) is 7.36. The molecule has 0 bridgehead atoms. The maximum absolute atomic E-state index is 5.73. The third-order valence-corrected chi connectivity index (χ3v) is 2.27. The molecule has 3 heteroatoms.